The van der Waals surface area contributed by atoms with Gasteiger partial charge in [0, 0.05) is 5.56 Å². The van der Waals surface area contributed by atoms with E-state index >= 15 is 0 Å². The van der Waals surface area contributed by atoms with Crippen molar-refractivity contribution in [2.45, 2.75) is 6.54 Å². The number of carbonyl (C=O) groups is 1. The van der Waals surface area contributed by atoms with Gasteiger partial charge in [0.2, 0.25) is 0 Å². The smallest absolute Gasteiger partial charge is 0.366 e. The van der Waals surface area contributed by atoms with Gasteiger partial charge in [-0.05, 0) is 24.3 Å². The largest absolute Gasteiger partial charge is 0.419 e. The van der Waals surface area contributed by atoms with Crippen LogP contribution in [0.25, 0.3) is 11.0 Å². The Hall–Kier alpha value is -3.69. The van der Waals surface area contributed by atoms with Crippen molar-refractivity contribution in [3.8, 4) is 5.75 Å². The molecule has 0 fully saturated rings. The van der Waals surface area contributed by atoms with Crippen molar-refractivity contribution in [3.05, 3.63) is 65.5 Å². The zero-order chi connectivity index (χ0) is 18.1. The summed E-state index contributed by atoms with van der Waals surface area (Å²) in [6, 6.07) is 8.47. The number of fused-ring (bicyclic) bond motifs is 1. The third-order valence-corrected chi connectivity index (χ3v) is 3.64. The number of carbonyl (C=O) groups excluding carboxylic acids is 1. The molecule has 26 heavy (non-hydrogen) atoms. The molecule has 0 radical (unpaired) electrons. The molecule has 0 saturated heterocycles. The molecule has 2 aromatic heterocycles. The summed E-state index contributed by atoms with van der Waals surface area (Å²) in [6.45, 7) is -0.211. The number of esters is 1. The number of hydrogen-bond donors (Lipinski definition) is 1. The van der Waals surface area contributed by atoms with Gasteiger partial charge in [-0.25, -0.2) is 18.3 Å². The maximum absolute atomic E-state index is 13.7. The summed E-state index contributed by atoms with van der Waals surface area (Å²) in [4.78, 5) is 12.2. The van der Waals surface area contributed by atoms with Gasteiger partial charge < -0.3 is 4.74 Å². The van der Waals surface area contributed by atoms with Gasteiger partial charge in [0.05, 0.1) is 12.7 Å². The zero-order valence-corrected chi connectivity index (χ0v) is 13.1. The number of hydrogen-bond acceptors (Lipinski definition) is 6. The van der Waals surface area contributed by atoms with Gasteiger partial charge >= 0.3 is 5.97 Å². The fraction of sp³-hybridized carbons (Fsp3) is 0.0625. The Morgan fingerprint density at radius 1 is 1.12 bits per heavy atom. The molecular weight excluding hydrogens is 346 g/mol. The highest BCUT2D eigenvalue weighted by Gasteiger charge is 2.17. The summed E-state index contributed by atoms with van der Waals surface area (Å²) < 4.78 is 33.8. The van der Waals surface area contributed by atoms with Gasteiger partial charge in [-0.15, -0.1) is 5.10 Å². The van der Waals surface area contributed by atoms with Crippen LogP contribution in [0.1, 0.15) is 16.1 Å². The standard InChI is InChI=1S/C16H10F2N6O2/c17-10-3-1-4-11(18)9(10)7-24-8-13(20-23-24)16(25)26-14-6-2-5-12-15(14)21-22-19-12/h1-6,8H,7H2,(H,19,21,22). The fourth-order valence-electron chi connectivity index (χ4n) is 2.39. The molecule has 0 aliphatic carbocycles. The second-order valence-corrected chi connectivity index (χ2v) is 5.34. The van der Waals surface area contributed by atoms with Crippen molar-refractivity contribution < 1.29 is 18.3 Å². The molecule has 0 aliphatic heterocycles. The summed E-state index contributed by atoms with van der Waals surface area (Å²) >= 11 is 0. The minimum atomic E-state index is -0.777. The van der Waals surface area contributed by atoms with Crippen molar-refractivity contribution in [2.75, 3.05) is 0 Å². The maximum atomic E-state index is 13.7. The monoisotopic (exact) mass is 356 g/mol. The lowest BCUT2D eigenvalue weighted by Crippen LogP contribution is -2.09. The van der Waals surface area contributed by atoms with Gasteiger partial charge in [0.1, 0.15) is 17.2 Å². The molecule has 0 amide bonds. The number of ether oxygens (including phenoxy) is 1. The number of aromatic nitrogens is 6. The van der Waals surface area contributed by atoms with Gasteiger partial charge in [0.25, 0.3) is 0 Å². The molecule has 8 nitrogen and oxygen atoms in total. The molecule has 0 saturated carbocycles. The van der Waals surface area contributed by atoms with Crippen LogP contribution >= 0.6 is 0 Å². The van der Waals surface area contributed by atoms with Crippen molar-refractivity contribution in [1.29, 1.82) is 0 Å². The maximum Gasteiger partial charge on any atom is 0.366 e. The van der Waals surface area contributed by atoms with E-state index in [0.717, 1.165) is 16.8 Å². The first-order chi connectivity index (χ1) is 12.6. The highest BCUT2D eigenvalue weighted by molar-refractivity contribution is 5.91. The lowest BCUT2D eigenvalue weighted by atomic mass is 10.2. The molecule has 4 rings (SSSR count). The summed E-state index contributed by atoms with van der Waals surface area (Å²) in [6.07, 6.45) is 1.25. The van der Waals surface area contributed by atoms with E-state index in [2.05, 4.69) is 25.7 Å². The van der Waals surface area contributed by atoms with E-state index in [4.69, 9.17) is 4.74 Å². The predicted molar refractivity (Wildman–Crippen MR) is 84.3 cm³/mol. The van der Waals surface area contributed by atoms with E-state index in [-0.39, 0.29) is 23.6 Å². The summed E-state index contributed by atoms with van der Waals surface area (Å²) in [5.41, 5.74) is 0.641. The first-order valence-corrected chi connectivity index (χ1v) is 7.46. The zero-order valence-electron chi connectivity index (χ0n) is 13.1. The van der Waals surface area contributed by atoms with E-state index in [0.29, 0.717) is 11.0 Å². The van der Waals surface area contributed by atoms with Gasteiger partial charge in [-0.2, -0.15) is 15.4 Å². The molecule has 2 heterocycles. The molecule has 0 spiro atoms. The molecule has 130 valence electrons. The Kier molecular flexibility index (Phi) is 3.84. The van der Waals surface area contributed by atoms with Crippen molar-refractivity contribution >= 4 is 17.0 Å². The van der Waals surface area contributed by atoms with Crippen LogP contribution in [0.2, 0.25) is 0 Å². The minimum absolute atomic E-state index is 0.109. The number of H-pyrrole nitrogens is 1. The molecule has 10 heteroatoms. The van der Waals surface area contributed by atoms with Crippen LogP contribution in [0.3, 0.4) is 0 Å². The van der Waals surface area contributed by atoms with Crippen LogP contribution in [0.4, 0.5) is 8.78 Å². The number of nitrogens with one attached hydrogen (secondary N) is 1. The van der Waals surface area contributed by atoms with Crippen LogP contribution < -0.4 is 4.74 Å². The molecule has 0 bridgehead atoms. The summed E-state index contributed by atoms with van der Waals surface area (Å²) in [7, 11) is 0. The second-order valence-electron chi connectivity index (χ2n) is 5.34. The summed E-state index contributed by atoms with van der Waals surface area (Å²) in [5, 5.41) is 17.6. The molecule has 0 unspecified atom stereocenters. The average molecular weight is 356 g/mol. The molecule has 0 atom stereocenters. The Morgan fingerprint density at radius 3 is 2.69 bits per heavy atom. The second kappa shape index (κ2) is 6.31. The van der Waals surface area contributed by atoms with E-state index < -0.39 is 17.6 Å². The highest BCUT2D eigenvalue weighted by atomic mass is 19.1. The van der Waals surface area contributed by atoms with Crippen molar-refractivity contribution in [1.82, 2.24) is 30.4 Å². The van der Waals surface area contributed by atoms with Gasteiger partial charge in [0.15, 0.2) is 17.0 Å². The molecular formula is C16H10F2N6O2. The topological polar surface area (TPSA) is 98.6 Å². The highest BCUT2D eigenvalue weighted by Crippen LogP contribution is 2.22. The number of benzene rings is 2. The molecule has 0 aliphatic rings. The van der Waals surface area contributed by atoms with Crippen LogP contribution in [0.5, 0.6) is 5.75 Å². The predicted octanol–water partition coefficient (Wildman–Crippen LogP) is 2.10. The van der Waals surface area contributed by atoms with E-state index in [1.807, 2.05) is 0 Å². The normalized spacial score (nSPS) is 11.0. The quantitative estimate of drug-likeness (QED) is 0.444. The number of rotatable bonds is 4. The molecule has 2 aromatic carbocycles. The molecule has 4 aromatic rings. The Bertz CT molecular complexity index is 1090. The lowest BCUT2D eigenvalue weighted by molar-refractivity contribution is 0.0730. The van der Waals surface area contributed by atoms with Crippen molar-refractivity contribution in [3.63, 3.8) is 0 Å². The van der Waals surface area contributed by atoms with E-state index in [9.17, 15) is 13.6 Å². The fourth-order valence-corrected chi connectivity index (χ4v) is 2.39. The lowest BCUT2D eigenvalue weighted by Gasteiger charge is -2.04. The van der Waals surface area contributed by atoms with Crippen LogP contribution in [-0.4, -0.2) is 36.4 Å². The third-order valence-electron chi connectivity index (χ3n) is 3.64. The number of para-hydroxylation sites is 1. The first kappa shape index (κ1) is 15.8. The van der Waals surface area contributed by atoms with Crippen LogP contribution in [-0.2, 0) is 6.54 Å². The Morgan fingerprint density at radius 2 is 1.88 bits per heavy atom. The van der Waals surface area contributed by atoms with Crippen LogP contribution in [0, 0.1) is 11.6 Å². The number of nitrogens with zero attached hydrogens (tertiary/aromatic N) is 5. The van der Waals surface area contributed by atoms with E-state index in [1.165, 1.54) is 12.3 Å². The number of aromatic amines is 1. The molecule has 1 N–H and O–H groups in total. The minimum Gasteiger partial charge on any atom is -0.419 e. The Labute approximate surface area is 144 Å². The summed E-state index contributed by atoms with van der Waals surface area (Å²) in [5.74, 6) is -1.98. The number of halogens is 2. The Balaban J connectivity index is 1.54. The van der Waals surface area contributed by atoms with Crippen molar-refractivity contribution in [2.24, 2.45) is 0 Å². The SMILES string of the molecule is O=C(Oc1cccc2n[nH]nc12)c1cn(Cc2c(F)cccc2F)nn1. The van der Waals surface area contributed by atoms with Gasteiger partial charge in [-0.3, -0.25) is 0 Å². The first-order valence-electron chi connectivity index (χ1n) is 7.46. The van der Waals surface area contributed by atoms with E-state index in [1.54, 1.807) is 18.2 Å². The van der Waals surface area contributed by atoms with Crippen LogP contribution in [0.15, 0.2) is 42.6 Å². The third kappa shape index (κ3) is 2.88. The average Bonchev–Trinajstić information content (AvgIpc) is 3.28. The van der Waals surface area contributed by atoms with Gasteiger partial charge in [-0.1, -0.05) is 17.3 Å².